The van der Waals surface area contributed by atoms with Gasteiger partial charge in [-0.3, -0.25) is 4.79 Å². The summed E-state index contributed by atoms with van der Waals surface area (Å²) < 4.78 is 0. The average Bonchev–Trinajstić information content (AvgIpc) is 3.32. The predicted octanol–water partition coefficient (Wildman–Crippen LogP) is 1.69. The lowest BCUT2D eigenvalue weighted by Gasteiger charge is -2.34. The van der Waals surface area contributed by atoms with Crippen molar-refractivity contribution >= 4 is 23.5 Å². The molecule has 0 aromatic carbocycles. The Morgan fingerprint density at radius 3 is 3.05 bits per heavy atom. The van der Waals surface area contributed by atoms with E-state index in [0.29, 0.717) is 0 Å². The number of amides is 1. The van der Waals surface area contributed by atoms with Crippen LogP contribution in [0.2, 0.25) is 0 Å². The van der Waals surface area contributed by atoms with Crippen molar-refractivity contribution in [1.29, 1.82) is 0 Å². The van der Waals surface area contributed by atoms with Gasteiger partial charge in [0.25, 0.3) is 0 Å². The molecule has 2 heterocycles. The van der Waals surface area contributed by atoms with Crippen LogP contribution in [-0.2, 0) is 4.79 Å². The minimum Gasteiger partial charge on any atom is -0.354 e. The van der Waals surface area contributed by atoms with Gasteiger partial charge in [-0.25, -0.2) is 9.97 Å². The van der Waals surface area contributed by atoms with Crippen LogP contribution in [0.3, 0.4) is 0 Å². The number of piperidine rings is 1. The van der Waals surface area contributed by atoms with Gasteiger partial charge in [-0.1, -0.05) is 11.8 Å². The molecule has 0 bridgehead atoms. The topological polar surface area (TPSA) is 58.1 Å². The Balaban J connectivity index is 1.63. The normalized spacial score (nSPS) is 22.6. The van der Waals surface area contributed by atoms with E-state index in [1.165, 1.54) is 0 Å². The number of nitrogens with zero attached hydrogens (tertiary/aromatic N) is 3. The van der Waals surface area contributed by atoms with Crippen LogP contribution in [0.25, 0.3) is 0 Å². The molecule has 5 nitrogen and oxygen atoms in total. The van der Waals surface area contributed by atoms with E-state index < -0.39 is 0 Å². The molecular weight excluding hydrogens is 272 g/mol. The highest BCUT2D eigenvalue weighted by Gasteiger charge is 2.32. The van der Waals surface area contributed by atoms with E-state index in [2.05, 4.69) is 20.2 Å². The molecule has 1 saturated heterocycles. The van der Waals surface area contributed by atoms with Crippen molar-refractivity contribution in [2.24, 2.45) is 5.92 Å². The standard InChI is InChI=1S/C14H20N4OS/c1-20-14-15-7-6-12(17-14)18-8-2-3-11(9-18)16-13(19)10-4-5-10/h6-7,10-11H,2-5,8-9H2,1H3,(H,16,19). The van der Waals surface area contributed by atoms with Crippen molar-refractivity contribution in [3.63, 3.8) is 0 Å². The molecule has 2 fully saturated rings. The Bertz CT molecular complexity index is 492. The lowest BCUT2D eigenvalue weighted by molar-refractivity contribution is -0.123. The monoisotopic (exact) mass is 292 g/mol. The van der Waals surface area contributed by atoms with E-state index in [0.717, 1.165) is 49.7 Å². The molecule has 1 atom stereocenters. The Hall–Kier alpha value is -1.30. The smallest absolute Gasteiger partial charge is 0.223 e. The first kappa shape index (κ1) is 13.7. The number of thioether (sulfide) groups is 1. The third kappa shape index (κ3) is 3.23. The minimum absolute atomic E-state index is 0.240. The number of nitrogens with one attached hydrogen (secondary N) is 1. The molecule has 1 N–H and O–H groups in total. The van der Waals surface area contributed by atoms with Crippen LogP contribution in [0, 0.1) is 5.92 Å². The van der Waals surface area contributed by atoms with Crippen LogP contribution < -0.4 is 10.2 Å². The fraction of sp³-hybridized carbons (Fsp3) is 0.643. The zero-order valence-corrected chi connectivity index (χ0v) is 12.5. The molecule has 20 heavy (non-hydrogen) atoms. The maximum atomic E-state index is 11.9. The number of carbonyl (C=O) groups is 1. The van der Waals surface area contributed by atoms with Crippen LogP contribution >= 0.6 is 11.8 Å². The van der Waals surface area contributed by atoms with E-state index in [1.54, 1.807) is 18.0 Å². The van der Waals surface area contributed by atoms with E-state index in [4.69, 9.17) is 0 Å². The fourth-order valence-corrected chi connectivity index (χ4v) is 2.92. The van der Waals surface area contributed by atoms with Gasteiger partial charge >= 0.3 is 0 Å². The average molecular weight is 292 g/mol. The van der Waals surface area contributed by atoms with Crippen molar-refractivity contribution in [2.75, 3.05) is 24.2 Å². The van der Waals surface area contributed by atoms with Gasteiger partial charge in [0.05, 0.1) is 0 Å². The summed E-state index contributed by atoms with van der Waals surface area (Å²) in [6, 6.07) is 2.20. The molecule has 1 saturated carbocycles. The van der Waals surface area contributed by atoms with E-state index >= 15 is 0 Å². The van der Waals surface area contributed by atoms with Gasteiger partial charge in [-0.15, -0.1) is 0 Å². The van der Waals surface area contributed by atoms with Crippen LogP contribution in [0.5, 0.6) is 0 Å². The number of aromatic nitrogens is 2. The van der Waals surface area contributed by atoms with Crippen molar-refractivity contribution < 1.29 is 4.79 Å². The summed E-state index contributed by atoms with van der Waals surface area (Å²) >= 11 is 1.55. The van der Waals surface area contributed by atoms with Gasteiger partial charge in [0, 0.05) is 31.2 Å². The van der Waals surface area contributed by atoms with Gasteiger partial charge in [0.15, 0.2) is 5.16 Å². The van der Waals surface area contributed by atoms with E-state index in [9.17, 15) is 4.79 Å². The van der Waals surface area contributed by atoms with E-state index in [1.807, 2.05) is 12.3 Å². The SMILES string of the molecule is CSc1nccc(N2CCCC(NC(=O)C3CC3)C2)n1. The molecule has 2 aliphatic rings. The number of carbonyl (C=O) groups excluding carboxylic acids is 1. The van der Waals surface area contributed by atoms with Crippen LogP contribution in [0.1, 0.15) is 25.7 Å². The highest BCUT2D eigenvalue weighted by atomic mass is 32.2. The maximum absolute atomic E-state index is 11.9. The summed E-state index contributed by atoms with van der Waals surface area (Å²) in [6.45, 7) is 1.85. The highest BCUT2D eigenvalue weighted by Crippen LogP contribution is 2.29. The zero-order chi connectivity index (χ0) is 13.9. The molecule has 108 valence electrons. The molecule has 1 unspecified atom stereocenters. The van der Waals surface area contributed by atoms with Crippen molar-refractivity contribution in [3.8, 4) is 0 Å². The second kappa shape index (κ2) is 5.99. The maximum Gasteiger partial charge on any atom is 0.223 e. The Morgan fingerprint density at radius 2 is 2.30 bits per heavy atom. The lowest BCUT2D eigenvalue weighted by atomic mass is 10.1. The quantitative estimate of drug-likeness (QED) is 0.676. The van der Waals surface area contributed by atoms with Crippen molar-refractivity contribution in [3.05, 3.63) is 12.3 Å². The number of rotatable bonds is 4. The Kier molecular flexibility index (Phi) is 4.10. The van der Waals surface area contributed by atoms with Crippen LogP contribution in [-0.4, -0.2) is 41.3 Å². The predicted molar refractivity (Wildman–Crippen MR) is 79.9 cm³/mol. The first-order valence-electron chi connectivity index (χ1n) is 7.18. The molecule has 1 amide bonds. The molecular formula is C14H20N4OS. The van der Waals surface area contributed by atoms with Crippen LogP contribution in [0.15, 0.2) is 17.4 Å². The first-order chi connectivity index (χ1) is 9.76. The Morgan fingerprint density at radius 1 is 1.45 bits per heavy atom. The molecule has 1 aromatic rings. The second-order valence-corrected chi connectivity index (χ2v) is 6.24. The van der Waals surface area contributed by atoms with Gasteiger partial charge in [0.2, 0.25) is 5.91 Å². The summed E-state index contributed by atoms with van der Waals surface area (Å²) in [5.74, 6) is 1.49. The van der Waals surface area contributed by atoms with Gasteiger partial charge in [0.1, 0.15) is 5.82 Å². The van der Waals surface area contributed by atoms with Gasteiger partial charge < -0.3 is 10.2 Å². The number of hydrogen-bond acceptors (Lipinski definition) is 5. The second-order valence-electron chi connectivity index (χ2n) is 5.47. The molecule has 1 aliphatic carbocycles. The fourth-order valence-electron chi connectivity index (χ4n) is 2.57. The number of anilines is 1. The summed E-state index contributed by atoms with van der Waals surface area (Å²) in [5.41, 5.74) is 0. The van der Waals surface area contributed by atoms with Crippen molar-refractivity contribution in [2.45, 2.75) is 36.9 Å². The van der Waals surface area contributed by atoms with Gasteiger partial charge in [-0.2, -0.15) is 0 Å². The third-order valence-electron chi connectivity index (χ3n) is 3.84. The molecule has 1 aromatic heterocycles. The molecule has 0 radical (unpaired) electrons. The largest absolute Gasteiger partial charge is 0.354 e. The lowest BCUT2D eigenvalue weighted by Crippen LogP contribution is -2.48. The minimum atomic E-state index is 0.240. The zero-order valence-electron chi connectivity index (χ0n) is 11.7. The van der Waals surface area contributed by atoms with Gasteiger partial charge in [-0.05, 0) is 38.0 Å². The summed E-state index contributed by atoms with van der Waals surface area (Å²) in [7, 11) is 0. The van der Waals surface area contributed by atoms with Crippen LogP contribution in [0.4, 0.5) is 5.82 Å². The molecule has 0 spiro atoms. The summed E-state index contributed by atoms with van der Waals surface area (Å²) in [5, 5.41) is 3.98. The summed E-state index contributed by atoms with van der Waals surface area (Å²) in [4.78, 5) is 22.9. The van der Waals surface area contributed by atoms with E-state index in [-0.39, 0.29) is 17.9 Å². The molecule has 1 aliphatic heterocycles. The highest BCUT2D eigenvalue weighted by molar-refractivity contribution is 7.98. The van der Waals surface area contributed by atoms with Crippen molar-refractivity contribution in [1.82, 2.24) is 15.3 Å². The molecule has 6 heteroatoms. The third-order valence-corrected chi connectivity index (χ3v) is 4.40. The Labute approximate surface area is 123 Å². The molecule has 3 rings (SSSR count). The number of hydrogen-bond donors (Lipinski definition) is 1. The summed E-state index contributed by atoms with van der Waals surface area (Å²) in [6.07, 6.45) is 8.06. The first-order valence-corrected chi connectivity index (χ1v) is 8.41.